The van der Waals surface area contributed by atoms with E-state index in [1.165, 1.54) is 38.1 Å². The number of benzene rings is 1. The van der Waals surface area contributed by atoms with Gasteiger partial charge in [0.05, 0.1) is 10.8 Å². The van der Waals surface area contributed by atoms with Crippen LogP contribution in [0.4, 0.5) is 0 Å². The Kier molecular flexibility index (Phi) is 23.4. The summed E-state index contributed by atoms with van der Waals surface area (Å²) in [7, 11) is 0. The van der Waals surface area contributed by atoms with E-state index in [2.05, 4.69) is 26.3 Å². The fourth-order valence-electron chi connectivity index (χ4n) is 5.55. The molecule has 0 aromatic heterocycles. The van der Waals surface area contributed by atoms with Crippen molar-refractivity contribution < 1.29 is 86.2 Å². The number of hydrogen-bond acceptors (Lipinski definition) is 18. The number of carbonyl (C=O) groups excluding carboxylic acids is 9. The summed E-state index contributed by atoms with van der Waals surface area (Å²) >= 11 is 0. The first-order valence-corrected chi connectivity index (χ1v) is 20.3. The van der Waals surface area contributed by atoms with Gasteiger partial charge in [0.25, 0.3) is 0 Å². The van der Waals surface area contributed by atoms with Crippen LogP contribution < -0.4 is 4.74 Å². The van der Waals surface area contributed by atoms with Crippen LogP contribution in [0, 0.1) is 16.2 Å². The third kappa shape index (κ3) is 18.5. The summed E-state index contributed by atoms with van der Waals surface area (Å²) in [5.41, 5.74) is -5.89. The van der Waals surface area contributed by atoms with Gasteiger partial charge >= 0.3 is 41.8 Å². The molecule has 0 bridgehead atoms. The number of rotatable bonds is 32. The van der Waals surface area contributed by atoms with Gasteiger partial charge in [-0.1, -0.05) is 40.2 Å². The Morgan fingerprint density at radius 1 is 0.562 bits per heavy atom. The first-order chi connectivity index (χ1) is 30.1. The third-order valence-electron chi connectivity index (χ3n) is 10.2. The molecule has 0 fully saturated rings. The molecule has 0 aliphatic rings. The Morgan fingerprint density at radius 2 is 0.922 bits per heavy atom. The second-order valence-corrected chi connectivity index (χ2v) is 15.3. The van der Waals surface area contributed by atoms with Crippen molar-refractivity contribution in [3.63, 3.8) is 0 Å². The lowest BCUT2D eigenvalue weighted by Gasteiger charge is -2.32. The zero-order valence-corrected chi connectivity index (χ0v) is 37.2. The topological polar surface area (TPSA) is 248 Å². The molecule has 352 valence electrons. The van der Waals surface area contributed by atoms with Gasteiger partial charge in [-0.2, -0.15) is 0 Å². The number of aliphatic hydroxyl groups is 1. The lowest BCUT2D eigenvalue weighted by molar-refractivity contribution is -0.164. The molecular formula is C46H60O18. The fraction of sp³-hybridized carbons (Fsp3) is 0.500. The maximum atomic E-state index is 13.9. The van der Waals surface area contributed by atoms with Gasteiger partial charge in [0, 0.05) is 42.7 Å². The van der Waals surface area contributed by atoms with E-state index in [1.54, 1.807) is 13.8 Å². The molecule has 1 rings (SSSR count). The van der Waals surface area contributed by atoms with Crippen molar-refractivity contribution in [1.29, 1.82) is 0 Å². The number of ether oxygens (including phenoxy) is 8. The molecule has 0 aliphatic heterocycles. The van der Waals surface area contributed by atoms with E-state index in [4.69, 9.17) is 37.9 Å². The monoisotopic (exact) mass is 900 g/mol. The molecule has 0 amide bonds. The van der Waals surface area contributed by atoms with Gasteiger partial charge in [-0.15, -0.1) is 0 Å². The first kappa shape index (κ1) is 55.6. The lowest BCUT2D eigenvalue weighted by atomic mass is 9.75. The molecule has 64 heavy (non-hydrogen) atoms. The van der Waals surface area contributed by atoms with Gasteiger partial charge in [0.1, 0.15) is 75.4 Å². The number of ketones is 2. The molecule has 0 unspecified atom stereocenters. The molecule has 0 atom stereocenters. The molecule has 0 radical (unpaired) electrons. The molecular weight excluding hydrogens is 840 g/mol. The van der Waals surface area contributed by atoms with E-state index >= 15 is 0 Å². The highest BCUT2D eigenvalue weighted by Crippen LogP contribution is 2.35. The predicted octanol–water partition coefficient (Wildman–Crippen LogP) is 4.49. The quantitative estimate of drug-likeness (QED) is 0.0261. The highest BCUT2D eigenvalue weighted by Gasteiger charge is 2.46. The summed E-state index contributed by atoms with van der Waals surface area (Å²) in [5, 5.41) is 10.0. The highest BCUT2D eigenvalue weighted by atomic mass is 16.6. The predicted molar refractivity (Wildman–Crippen MR) is 227 cm³/mol. The number of hydrogen-bond donors (Lipinski definition) is 1. The van der Waals surface area contributed by atoms with E-state index in [9.17, 15) is 48.3 Å². The van der Waals surface area contributed by atoms with Crippen LogP contribution in [0.3, 0.4) is 0 Å². The SMILES string of the molecule is C=CC(=O)OCC(CC)(COC(=O)C=C)COC(=O)CCC(CCC(=O)OCC(CC)(COC(=O)C=C)COC(=O)C=C)(C(C)=O)C(=O)OCCOc1ccc(C(=O)C(C)(C)O)cc1. The molecule has 18 nitrogen and oxygen atoms in total. The number of carbonyl (C=O) groups is 9. The van der Waals surface area contributed by atoms with Crippen LogP contribution in [0.5, 0.6) is 5.75 Å². The summed E-state index contributed by atoms with van der Waals surface area (Å²) in [6, 6.07) is 5.83. The molecule has 1 aromatic carbocycles. The molecule has 1 aromatic rings. The van der Waals surface area contributed by atoms with Crippen LogP contribution >= 0.6 is 0 Å². The summed E-state index contributed by atoms with van der Waals surface area (Å²) in [5.74, 6) is -7.02. The second kappa shape index (κ2) is 26.9. The first-order valence-electron chi connectivity index (χ1n) is 20.3. The van der Waals surface area contributed by atoms with Crippen LogP contribution in [0.2, 0.25) is 0 Å². The Hall–Kier alpha value is -6.43. The third-order valence-corrected chi connectivity index (χ3v) is 10.2. The van der Waals surface area contributed by atoms with Gasteiger partial charge in [0.2, 0.25) is 0 Å². The zero-order chi connectivity index (χ0) is 48.6. The maximum Gasteiger partial charge on any atom is 0.330 e. The maximum absolute atomic E-state index is 13.9. The number of esters is 7. The van der Waals surface area contributed by atoms with Crippen LogP contribution in [-0.4, -0.2) is 117 Å². The lowest BCUT2D eigenvalue weighted by Crippen LogP contribution is -2.42. The summed E-state index contributed by atoms with van der Waals surface area (Å²) in [6.45, 7) is 17.7. The van der Waals surface area contributed by atoms with Gasteiger partial charge < -0.3 is 43.0 Å². The van der Waals surface area contributed by atoms with Gasteiger partial charge in [0.15, 0.2) is 5.78 Å². The molecule has 0 heterocycles. The summed E-state index contributed by atoms with van der Waals surface area (Å²) in [4.78, 5) is 114. The smallest absolute Gasteiger partial charge is 0.330 e. The van der Waals surface area contributed by atoms with Gasteiger partial charge in [-0.3, -0.25) is 24.0 Å². The minimum atomic E-state index is -2.11. The molecule has 18 heteroatoms. The van der Waals surface area contributed by atoms with Crippen LogP contribution in [0.25, 0.3) is 0 Å². The molecule has 1 N–H and O–H groups in total. The van der Waals surface area contributed by atoms with E-state index in [1.807, 2.05) is 0 Å². The van der Waals surface area contributed by atoms with Crippen LogP contribution in [0.1, 0.15) is 83.5 Å². The molecule has 0 saturated heterocycles. The van der Waals surface area contributed by atoms with E-state index in [0.717, 1.165) is 31.2 Å². The Balaban J connectivity index is 3.34. The Bertz CT molecular complexity index is 1720. The minimum absolute atomic E-state index is 0.193. The van der Waals surface area contributed by atoms with Crippen molar-refractivity contribution in [1.82, 2.24) is 0 Å². The Morgan fingerprint density at radius 3 is 1.23 bits per heavy atom. The standard InChI is InChI=1S/C46H60O18/c1-10-35(48)59-26-44(14-5,27-60-36(49)11-2)30-63-39(52)20-22-46(32(7)47,42(55)58-25-24-57-34-18-16-33(17-19-34)41(54)43(8,9)56)23-21-40(53)64-31-45(15-6,28-61-37(50)12-3)29-62-38(51)13-4/h10-13,16-19,56H,1-4,14-15,20-31H2,5-9H3. The molecule has 0 saturated carbocycles. The normalized spacial score (nSPS) is 11.4. The van der Waals surface area contributed by atoms with Crippen LogP contribution in [0.15, 0.2) is 74.9 Å². The average Bonchev–Trinajstić information content (AvgIpc) is 3.29. The minimum Gasteiger partial charge on any atom is -0.490 e. The van der Waals surface area contributed by atoms with Crippen molar-refractivity contribution in [3.05, 3.63) is 80.4 Å². The van der Waals surface area contributed by atoms with Gasteiger partial charge in [-0.25, -0.2) is 19.2 Å². The Labute approximate surface area is 372 Å². The molecule has 0 aliphatic carbocycles. The van der Waals surface area contributed by atoms with Crippen LogP contribution in [-0.2, 0) is 71.5 Å². The highest BCUT2D eigenvalue weighted by molar-refractivity contribution is 6.03. The van der Waals surface area contributed by atoms with E-state index in [0.29, 0.717) is 0 Å². The van der Waals surface area contributed by atoms with Crippen molar-refractivity contribution in [2.45, 2.75) is 78.7 Å². The zero-order valence-electron chi connectivity index (χ0n) is 37.2. The molecule has 0 spiro atoms. The average molecular weight is 901 g/mol. The van der Waals surface area contributed by atoms with Gasteiger partial charge in [-0.05, 0) is 70.7 Å². The second-order valence-electron chi connectivity index (χ2n) is 15.3. The van der Waals surface area contributed by atoms with Crippen molar-refractivity contribution in [2.75, 3.05) is 52.9 Å². The fourth-order valence-corrected chi connectivity index (χ4v) is 5.55. The van der Waals surface area contributed by atoms with Crippen molar-refractivity contribution in [2.24, 2.45) is 16.2 Å². The van der Waals surface area contributed by atoms with E-state index < -0.39 is 121 Å². The van der Waals surface area contributed by atoms with Crippen molar-refractivity contribution in [3.8, 4) is 5.75 Å². The summed E-state index contributed by atoms with van der Waals surface area (Å²) < 4.78 is 42.9. The number of Topliss-reactive ketones (excluding diaryl/α,β-unsaturated/α-hetero) is 2. The van der Waals surface area contributed by atoms with Crippen molar-refractivity contribution >= 4 is 53.4 Å². The largest absolute Gasteiger partial charge is 0.490 e. The van der Waals surface area contributed by atoms with E-state index in [-0.39, 0.29) is 57.2 Å². The summed E-state index contributed by atoms with van der Waals surface area (Å²) in [6.07, 6.45) is 1.95.